The van der Waals surface area contributed by atoms with Gasteiger partial charge in [0.2, 0.25) is 15.0 Å². The highest BCUT2D eigenvalue weighted by Crippen LogP contribution is 2.29. The van der Waals surface area contributed by atoms with Gasteiger partial charge < -0.3 is 4.57 Å². The van der Waals surface area contributed by atoms with Gasteiger partial charge in [0.15, 0.2) is 0 Å². The van der Waals surface area contributed by atoms with Gasteiger partial charge in [-0.1, -0.05) is 44.6 Å². The molecule has 1 heterocycles. The van der Waals surface area contributed by atoms with E-state index in [0.717, 1.165) is 50.6 Å². The SMILES string of the molecule is C#CCN(CC=C)Cc1cnc(S(=O)(=O)C2CCCCC2)n1CCCC. The van der Waals surface area contributed by atoms with Crippen LogP contribution in [0, 0.1) is 12.3 Å². The Balaban J connectivity index is 2.32. The molecule has 2 rings (SSSR count). The first-order valence-corrected chi connectivity index (χ1v) is 11.1. The lowest BCUT2D eigenvalue weighted by Crippen LogP contribution is -2.28. The smallest absolute Gasteiger partial charge is 0.228 e. The first-order chi connectivity index (χ1) is 12.5. The third kappa shape index (κ3) is 4.99. The third-order valence-corrected chi connectivity index (χ3v) is 7.15. The molecule has 5 nitrogen and oxygen atoms in total. The van der Waals surface area contributed by atoms with Gasteiger partial charge in [0, 0.05) is 19.6 Å². The van der Waals surface area contributed by atoms with Gasteiger partial charge in [-0.15, -0.1) is 13.0 Å². The van der Waals surface area contributed by atoms with Crippen molar-refractivity contribution in [3.05, 3.63) is 24.5 Å². The number of hydrogen-bond acceptors (Lipinski definition) is 4. The highest BCUT2D eigenvalue weighted by molar-refractivity contribution is 7.91. The van der Waals surface area contributed by atoms with Gasteiger partial charge in [0.1, 0.15) is 0 Å². The number of nitrogens with zero attached hydrogens (tertiary/aromatic N) is 3. The summed E-state index contributed by atoms with van der Waals surface area (Å²) in [5, 5.41) is -0.0472. The maximum absolute atomic E-state index is 13.2. The van der Waals surface area contributed by atoms with Crippen LogP contribution in [0.25, 0.3) is 0 Å². The van der Waals surface area contributed by atoms with Crippen LogP contribution < -0.4 is 0 Å². The van der Waals surface area contributed by atoms with Gasteiger partial charge in [-0.25, -0.2) is 13.4 Å². The topological polar surface area (TPSA) is 55.2 Å². The van der Waals surface area contributed by atoms with Crippen molar-refractivity contribution in [2.45, 2.75) is 75.4 Å². The van der Waals surface area contributed by atoms with Crippen LogP contribution in [-0.4, -0.2) is 41.2 Å². The molecule has 1 aromatic rings. The van der Waals surface area contributed by atoms with Gasteiger partial charge in [-0.05, 0) is 19.3 Å². The highest BCUT2D eigenvalue weighted by Gasteiger charge is 2.33. The summed E-state index contributed by atoms with van der Waals surface area (Å²) in [6.07, 6.45) is 15.5. The largest absolute Gasteiger partial charge is 0.318 e. The standard InChI is InChI=1S/C20H31N3O2S/c1-4-7-15-23-18(17-22(13-5-2)14-6-3)16-21-20(23)26(24,25)19-11-9-8-10-12-19/h2,6,16,19H,3-4,7-15,17H2,1H3. The highest BCUT2D eigenvalue weighted by atomic mass is 32.2. The summed E-state index contributed by atoms with van der Waals surface area (Å²) in [5.74, 6) is 2.65. The van der Waals surface area contributed by atoms with Gasteiger partial charge in [0.05, 0.1) is 23.7 Å². The Bertz CT molecular complexity index is 725. The van der Waals surface area contributed by atoms with Crippen LogP contribution in [0.15, 0.2) is 24.0 Å². The van der Waals surface area contributed by atoms with E-state index in [-0.39, 0.29) is 10.4 Å². The Labute approximate surface area is 158 Å². The molecule has 0 aliphatic heterocycles. The van der Waals surface area contributed by atoms with Crippen molar-refractivity contribution >= 4 is 9.84 Å². The number of imidazole rings is 1. The van der Waals surface area contributed by atoms with Crippen molar-refractivity contribution in [3.8, 4) is 12.3 Å². The zero-order chi connectivity index (χ0) is 19.0. The second-order valence-corrected chi connectivity index (χ2v) is 9.13. The van der Waals surface area contributed by atoms with E-state index in [4.69, 9.17) is 6.42 Å². The fraction of sp³-hybridized carbons (Fsp3) is 0.650. The Morgan fingerprint density at radius 3 is 2.77 bits per heavy atom. The molecule has 0 radical (unpaired) electrons. The molecule has 0 bridgehead atoms. The lowest BCUT2D eigenvalue weighted by atomic mass is 10.0. The molecule has 144 valence electrons. The van der Waals surface area contributed by atoms with E-state index in [1.54, 1.807) is 6.20 Å². The van der Waals surface area contributed by atoms with Crippen molar-refractivity contribution in [1.29, 1.82) is 0 Å². The second-order valence-electron chi connectivity index (χ2n) is 7.00. The van der Waals surface area contributed by atoms with Crippen LogP contribution in [0.3, 0.4) is 0 Å². The van der Waals surface area contributed by atoms with Crippen LogP contribution in [0.5, 0.6) is 0 Å². The third-order valence-electron chi connectivity index (χ3n) is 4.97. The summed E-state index contributed by atoms with van der Waals surface area (Å²) >= 11 is 0. The van der Waals surface area contributed by atoms with Crippen molar-refractivity contribution < 1.29 is 8.42 Å². The molecule has 1 fully saturated rings. The molecule has 1 aliphatic carbocycles. The molecule has 0 saturated heterocycles. The molecular formula is C20H31N3O2S. The molecule has 0 atom stereocenters. The number of rotatable bonds is 10. The zero-order valence-electron chi connectivity index (χ0n) is 15.9. The Morgan fingerprint density at radius 2 is 2.15 bits per heavy atom. The maximum atomic E-state index is 13.2. The fourth-order valence-corrected chi connectivity index (χ4v) is 5.52. The van der Waals surface area contributed by atoms with Crippen LogP contribution in [0.1, 0.15) is 57.6 Å². The fourth-order valence-electron chi connectivity index (χ4n) is 3.55. The summed E-state index contributed by atoms with van der Waals surface area (Å²) in [5.41, 5.74) is 0.907. The molecule has 6 heteroatoms. The molecule has 1 aliphatic rings. The van der Waals surface area contributed by atoms with Gasteiger partial charge in [0.25, 0.3) is 0 Å². The van der Waals surface area contributed by atoms with E-state index >= 15 is 0 Å². The first kappa shape index (κ1) is 20.7. The normalized spacial score (nSPS) is 15.9. The number of aromatic nitrogens is 2. The molecule has 0 N–H and O–H groups in total. The van der Waals surface area contributed by atoms with Gasteiger partial charge >= 0.3 is 0 Å². The van der Waals surface area contributed by atoms with E-state index in [9.17, 15) is 8.42 Å². The van der Waals surface area contributed by atoms with Crippen molar-refractivity contribution in [2.75, 3.05) is 13.1 Å². The lowest BCUT2D eigenvalue weighted by Gasteiger charge is -2.23. The minimum absolute atomic E-state index is 0.243. The number of hydrogen-bond donors (Lipinski definition) is 0. The molecule has 1 aromatic heterocycles. The Hall–Kier alpha value is -1.58. The van der Waals surface area contributed by atoms with Crippen LogP contribution in [0.2, 0.25) is 0 Å². The van der Waals surface area contributed by atoms with Gasteiger partial charge in [-0.2, -0.15) is 0 Å². The molecular weight excluding hydrogens is 346 g/mol. The predicted molar refractivity (Wildman–Crippen MR) is 106 cm³/mol. The van der Waals surface area contributed by atoms with Crippen molar-refractivity contribution in [3.63, 3.8) is 0 Å². The number of terminal acetylenes is 1. The van der Waals surface area contributed by atoms with Crippen LogP contribution >= 0.6 is 0 Å². The molecule has 0 amide bonds. The zero-order valence-corrected chi connectivity index (χ0v) is 16.7. The summed E-state index contributed by atoms with van der Waals surface area (Å²) < 4.78 is 28.3. The van der Waals surface area contributed by atoms with E-state index < -0.39 is 9.84 Å². The Kier molecular flexibility index (Phi) is 7.92. The van der Waals surface area contributed by atoms with E-state index in [0.29, 0.717) is 26.2 Å². The summed E-state index contributed by atoms with van der Waals surface area (Å²) in [6, 6.07) is 0. The second kappa shape index (κ2) is 9.94. The maximum Gasteiger partial charge on any atom is 0.228 e. The van der Waals surface area contributed by atoms with Crippen molar-refractivity contribution in [1.82, 2.24) is 14.5 Å². The van der Waals surface area contributed by atoms with E-state index in [2.05, 4.69) is 29.3 Å². The molecule has 0 aromatic carbocycles. The van der Waals surface area contributed by atoms with Crippen molar-refractivity contribution in [2.24, 2.45) is 0 Å². The summed E-state index contributed by atoms with van der Waals surface area (Å²) in [6.45, 7) is 8.28. The summed E-state index contributed by atoms with van der Waals surface area (Å²) in [7, 11) is -3.39. The monoisotopic (exact) mass is 377 g/mol. The minimum Gasteiger partial charge on any atom is -0.318 e. The molecule has 0 unspecified atom stereocenters. The molecule has 1 saturated carbocycles. The van der Waals surface area contributed by atoms with Gasteiger partial charge in [-0.3, -0.25) is 4.90 Å². The van der Waals surface area contributed by atoms with Crippen LogP contribution in [-0.2, 0) is 22.9 Å². The quantitative estimate of drug-likeness (QED) is 0.463. The lowest BCUT2D eigenvalue weighted by molar-refractivity contribution is 0.319. The number of sulfone groups is 1. The average molecular weight is 378 g/mol. The molecule has 26 heavy (non-hydrogen) atoms. The first-order valence-electron chi connectivity index (χ1n) is 9.59. The molecule has 0 spiro atoms. The minimum atomic E-state index is -3.39. The average Bonchev–Trinajstić information content (AvgIpc) is 3.04. The summed E-state index contributed by atoms with van der Waals surface area (Å²) in [4.78, 5) is 6.42. The Morgan fingerprint density at radius 1 is 1.42 bits per heavy atom. The van der Waals surface area contributed by atoms with E-state index in [1.165, 1.54) is 0 Å². The number of unbranched alkanes of at least 4 members (excludes halogenated alkanes) is 1. The predicted octanol–water partition coefficient (Wildman–Crippen LogP) is 3.41. The van der Waals surface area contributed by atoms with E-state index in [1.807, 2.05) is 10.6 Å². The van der Waals surface area contributed by atoms with Crippen LogP contribution in [0.4, 0.5) is 0 Å².